The Labute approximate surface area is 186 Å². The molecule has 0 fully saturated rings. The molecule has 0 radical (unpaired) electrons. The van der Waals surface area contributed by atoms with Gasteiger partial charge in [-0.3, -0.25) is 9.78 Å². The van der Waals surface area contributed by atoms with Crippen LogP contribution in [0.1, 0.15) is 16.1 Å². The summed E-state index contributed by atoms with van der Waals surface area (Å²) in [6.45, 7) is 0. The molecule has 3 heterocycles. The lowest BCUT2D eigenvalue weighted by Crippen LogP contribution is -2.16. The minimum absolute atomic E-state index is 0.00751. The van der Waals surface area contributed by atoms with Gasteiger partial charge in [-0.05, 0) is 30.3 Å². The van der Waals surface area contributed by atoms with Crippen molar-refractivity contribution >= 4 is 11.7 Å². The van der Waals surface area contributed by atoms with Crippen molar-refractivity contribution in [2.45, 2.75) is 6.18 Å². The van der Waals surface area contributed by atoms with Crippen molar-refractivity contribution in [1.29, 1.82) is 0 Å². The number of amides is 1. The molecule has 0 atom stereocenters. The number of aryl methyl sites for hydroxylation is 1. The Balaban J connectivity index is 1.69. The molecule has 0 aliphatic rings. The molecule has 0 aliphatic carbocycles. The highest BCUT2D eigenvalue weighted by Gasteiger charge is 2.36. The Bertz CT molecular complexity index is 1420. The van der Waals surface area contributed by atoms with E-state index < -0.39 is 46.3 Å². The molecule has 4 aromatic rings. The average Bonchev–Trinajstić information content (AvgIpc) is 3.11. The highest BCUT2D eigenvalue weighted by Crippen LogP contribution is 2.37. The van der Waals surface area contributed by atoms with Gasteiger partial charge in [0, 0.05) is 30.6 Å². The van der Waals surface area contributed by atoms with E-state index in [0.29, 0.717) is 0 Å². The number of hydrogen-bond acceptors (Lipinski definition) is 6. The molecule has 0 aliphatic heterocycles. The third-order valence-corrected chi connectivity index (χ3v) is 4.60. The molecule has 0 saturated heterocycles. The fraction of sp³-hybridized carbons (Fsp3) is 0.0952. The lowest BCUT2D eigenvalue weighted by molar-refractivity contribution is -0.140. The predicted molar refractivity (Wildman–Crippen MR) is 108 cm³/mol. The van der Waals surface area contributed by atoms with E-state index in [4.69, 9.17) is 4.42 Å². The van der Waals surface area contributed by atoms with Gasteiger partial charge in [-0.15, -0.1) is 5.10 Å². The molecule has 0 unspecified atom stereocenters. The van der Waals surface area contributed by atoms with Gasteiger partial charge in [0.2, 0.25) is 0 Å². The predicted octanol–water partition coefficient (Wildman–Crippen LogP) is 4.05. The van der Waals surface area contributed by atoms with Gasteiger partial charge in [0.1, 0.15) is 23.0 Å². The average molecular weight is 477 g/mol. The Morgan fingerprint density at radius 1 is 1.03 bits per heavy atom. The summed E-state index contributed by atoms with van der Waals surface area (Å²) in [5.74, 6) is -4.52. The number of pyridine rings is 2. The topological polar surface area (TPSA) is 103 Å². The fourth-order valence-electron chi connectivity index (χ4n) is 3.01. The molecule has 0 spiro atoms. The van der Waals surface area contributed by atoms with Crippen molar-refractivity contribution in [1.82, 2.24) is 19.7 Å². The maximum absolute atomic E-state index is 13.8. The zero-order valence-electron chi connectivity index (χ0n) is 17.0. The molecule has 34 heavy (non-hydrogen) atoms. The highest BCUT2D eigenvalue weighted by molar-refractivity contribution is 6.04. The summed E-state index contributed by atoms with van der Waals surface area (Å²) < 4.78 is 74.0. The second-order valence-electron chi connectivity index (χ2n) is 6.90. The Morgan fingerprint density at radius 2 is 1.71 bits per heavy atom. The Morgan fingerprint density at radius 3 is 2.26 bits per heavy atom. The smallest absolute Gasteiger partial charge is 0.388 e. The minimum atomic E-state index is -4.83. The van der Waals surface area contributed by atoms with Crippen LogP contribution in [0.2, 0.25) is 0 Å². The summed E-state index contributed by atoms with van der Waals surface area (Å²) in [6, 6.07) is 6.31. The standard InChI is InChI=1S/C21H12F5N5O3/c1-31-20(33)34-19(30-31)11-7-12(17(28-9-11)21(24,25)26)10-5-6-15(27-8-10)29-18(32)16-13(22)3-2-4-14(16)23/h2-9H,1H3,(H,27,29,32). The number of alkyl halides is 3. The maximum Gasteiger partial charge on any atom is 0.437 e. The van der Waals surface area contributed by atoms with E-state index in [2.05, 4.69) is 20.4 Å². The number of rotatable bonds is 4. The van der Waals surface area contributed by atoms with Crippen LogP contribution in [0.25, 0.3) is 22.6 Å². The van der Waals surface area contributed by atoms with Crippen LogP contribution in [0.15, 0.2) is 58.0 Å². The van der Waals surface area contributed by atoms with E-state index >= 15 is 0 Å². The van der Waals surface area contributed by atoms with Crippen molar-refractivity contribution in [3.63, 3.8) is 0 Å². The van der Waals surface area contributed by atoms with Gasteiger partial charge in [-0.1, -0.05) is 6.07 Å². The third-order valence-electron chi connectivity index (χ3n) is 4.60. The first kappa shape index (κ1) is 22.8. The molecule has 1 aromatic carbocycles. The van der Waals surface area contributed by atoms with Crippen molar-refractivity contribution in [2.24, 2.45) is 7.05 Å². The molecule has 13 heteroatoms. The number of anilines is 1. The van der Waals surface area contributed by atoms with Crippen LogP contribution < -0.4 is 11.1 Å². The lowest BCUT2D eigenvalue weighted by Gasteiger charge is -2.13. The normalized spacial score (nSPS) is 11.5. The van der Waals surface area contributed by atoms with E-state index in [1.165, 1.54) is 13.1 Å². The van der Waals surface area contributed by atoms with Gasteiger partial charge < -0.3 is 9.73 Å². The van der Waals surface area contributed by atoms with E-state index in [9.17, 15) is 31.5 Å². The summed E-state index contributed by atoms with van der Waals surface area (Å²) in [6.07, 6.45) is -2.95. The quantitative estimate of drug-likeness (QED) is 0.445. The molecular formula is C21H12F5N5O3. The van der Waals surface area contributed by atoms with Gasteiger partial charge in [-0.2, -0.15) is 17.9 Å². The summed E-state index contributed by atoms with van der Waals surface area (Å²) in [5.41, 5.74) is -2.50. The minimum Gasteiger partial charge on any atom is -0.388 e. The Hall–Kier alpha value is -4.42. The summed E-state index contributed by atoms with van der Waals surface area (Å²) in [7, 11) is 1.30. The second-order valence-corrected chi connectivity index (χ2v) is 6.90. The Kier molecular flexibility index (Phi) is 5.69. The summed E-state index contributed by atoms with van der Waals surface area (Å²) >= 11 is 0. The fourth-order valence-corrected chi connectivity index (χ4v) is 3.01. The number of nitrogens with zero attached hydrogens (tertiary/aromatic N) is 4. The van der Waals surface area contributed by atoms with Crippen molar-refractivity contribution in [3.8, 4) is 22.6 Å². The maximum atomic E-state index is 13.8. The van der Waals surface area contributed by atoms with E-state index in [1.54, 1.807) is 0 Å². The van der Waals surface area contributed by atoms with Crippen LogP contribution in [-0.2, 0) is 13.2 Å². The van der Waals surface area contributed by atoms with Crippen molar-refractivity contribution in [3.05, 3.63) is 82.2 Å². The number of hydrogen-bond donors (Lipinski definition) is 1. The second kappa shape index (κ2) is 8.50. The van der Waals surface area contributed by atoms with Crippen LogP contribution in [0, 0.1) is 11.6 Å². The number of benzene rings is 1. The molecule has 174 valence electrons. The summed E-state index contributed by atoms with van der Waals surface area (Å²) in [4.78, 5) is 31.0. The molecule has 0 bridgehead atoms. The zero-order valence-corrected chi connectivity index (χ0v) is 17.0. The number of carbonyl (C=O) groups is 1. The molecule has 3 aromatic heterocycles. The van der Waals surface area contributed by atoms with Crippen molar-refractivity contribution in [2.75, 3.05) is 5.32 Å². The monoisotopic (exact) mass is 477 g/mol. The van der Waals surface area contributed by atoms with Gasteiger partial charge in [0.05, 0.1) is 5.56 Å². The molecular weight excluding hydrogens is 465 g/mol. The first-order valence-corrected chi connectivity index (χ1v) is 9.38. The third kappa shape index (κ3) is 4.40. The van der Waals surface area contributed by atoms with Gasteiger partial charge in [0.25, 0.3) is 11.8 Å². The first-order chi connectivity index (χ1) is 16.0. The lowest BCUT2D eigenvalue weighted by atomic mass is 10.0. The molecule has 1 amide bonds. The van der Waals surface area contributed by atoms with Gasteiger partial charge in [0.15, 0.2) is 5.69 Å². The van der Waals surface area contributed by atoms with E-state index in [0.717, 1.165) is 47.4 Å². The molecule has 4 rings (SSSR count). The zero-order chi connectivity index (χ0) is 24.6. The van der Waals surface area contributed by atoms with Crippen LogP contribution in [0.3, 0.4) is 0 Å². The van der Waals surface area contributed by atoms with E-state index in [-0.39, 0.29) is 22.8 Å². The van der Waals surface area contributed by atoms with Gasteiger partial charge in [-0.25, -0.2) is 18.6 Å². The van der Waals surface area contributed by atoms with Crippen LogP contribution in [-0.4, -0.2) is 25.7 Å². The number of carbonyl (C=O) groups excluding carboxylic acids is 1. The van der Waals surface area contributed by atoms with Crippen LogP contribution >= 0.6 is 0 Å². The molecule has 8 nitrogen and oxygen atoms in total. The van der Waals surface area contributed by atoms with Crippen molar-refractivity contribution < 1.29 is 31.2 Å². The molecule has 0 saturated carbocycles. The van der Waals surface area contributed by atoms with E-state index in [1.807, 2.05) is 0 Å². The number of aromatic nitrogens is 4. The van der Waals surface area contributed by atoms with Gasteiger partial charge >= 0.3 is 11.9 Å². The summed E-state index contributed by atoms with van der Waals surface area (Å²) in [5, 5.41) is 5.97. The SMILES string of the molecule is Cn1nc(-c2cnc(C(F)(F)F)c(-c3ccc(NC(=O)c4c(F)cccc4F)nc3)c2)oc1=O. The molecule has 1 N–H and O–H groups in total. The first-order valence-electron chi connectivity index (χ1n) is 9.38. The largest absolute Gasteiger partial charge is 0.437 e. The van der Waals surface area contributed by atoms with Crippen LogP contribution in [0.5, 0.6) is 0 Å². The number of halogens is 5. The highest BCUT2D eigenvalue weighted by atomic mass is 19.4. The van der Waals surface area contributed by atoms with Crippen LogP contribution in [0.4, 0.5) is 27.8 Å². The number of nitrogens with one attached hydrogen (secondary N) is 1.